The van der Waals surface area contributed by atoms with E-state index < -0.39 is 22.9 Å². The van der Waals surface area contributed by atoms with Gasteiger partial charge in [-0.05, 0) is 41.5 Å². The Morgan fingerprint density at radius 2 is 1.83 bits per heavy atom. The number of hydrogen-bond donors (Lipinski definition) is 0. The molecule has 0 radical (unpaired) electrons. The first kappa shape index (κ1) is 18.4. The summed E-state index contributed by atoms with van der Waals surface area (Å²) in [5.41, 5.74) is 0.341. The van der Waals surface area contributed by atoms with Crippen molar-refractivity contribution in [3.05, 3.63) is 59.7 Å². The summed E-state index contributed by atoms with van der Waals surface area (Å²) in [6, 6.07) is 11.5. The van der Waals surface area contributed by atoms with Gasteiger partial charge < -0.3 is 9.45 Å². The Labute approximate surface area is 141 Å². The van der Waals surface area contributed by atoms with Crippen LogP contribution in [0.25, 0.3) is 0 Å². The van der Waals surface area contributed by atoms with E-state index in [2.05, 4.69) is 0 Å². The molecule has 0 amide bonds. The maximum atomic E-state index is 12.9. The average molecular weight is 355 g/mol. The minimum atomic E-state index is -4.44. The highest BCUT2D eigenvalue weighted by molar-refractivity contribution is 7.91. The molecule has 2 aromatic carbocycles. The number of ketones is 1. The van der Waals surface area contributed by atoms with Crippen LogP contribution < -0.4 is 4.90 Å². The fourth-order valence-corrected chi connectivity index (χ4v) is 2.82. The molecule has 3 nitrogen and oxygen atoms in total. The molecule has 128 valence electrons. The van der Waals surface area contributed by atoms with E-state index in [-0.39, 0.29) is 11.5 Å². The number of carbonyl (C=O) groups excluding carboxylic acids is 1. The molecule has 0 heterocycles. The van der Waals surface area contributed by atoms with E-state index in [0.29, 0.717) is 16.9 Å². The number of carbonyl (C=O) groups is 1. The van der Waals surface area contributed by atoms with Gasteiger partial charge in [-0.15, -0.1) is 0 Å². The zero-order valence-corrected chi connectivity index (χ0v) is 13.9. The van der Waals surface area contributed by atoms with E-state index in [9.17, 15) is 22.5 Å². The molecule has 0 bridgehead atoms. The van der Waals surface area contributed by atoms with Crippen LogP contribution in [0.15, 0.2) is 48.5 Å². The lowest BCUT2D eigenvalue weighted by Crippen LogP contribution is -2.19. The number of hydrogen-bond acceptors (Lipinski definition) is 3. The molecule has 0 N–H and O–H groups in total. The third-order valence-electron chi connectivity index (χ3n) is 3.46. The number of rotatable bonds is 5. The smallest absolute Gasteiger partial charge is 0.416 e. The first-order valence-electron chi connectivity index (χ1n) is 7.03. The monoisotopic (exact) mass is 355 g/mol. The van der Waals surface area contributed by atoms with Crippen molar-refractivity contribution in [3.8, 4) is 0 Å². The Kier molecular flexibility index (Phi) is 5.56. The summed E-state index contributed by atoms with van der Waals surface area (Å²) < 4.78 is 49.9. The summed E-state index contributed by atoms with van der Waals surface area (Å²) in [5.74, 6) is -0.446. The standard InChI is InChI=1S/C17H16F3NO2S/c1-21(13-7-5-6-12(10-13)17(18,19)20)15-9-4-3-8-14(15)16(22)11-24(2)23/h3-10H,11H2,1-2H3. The van der Waals surface area contributed by atoms with Crippen LogP contribution in [0.1, 0.15) is 15.9 Å². The second kappa shape index (κ2) is 7.27. The van der Waals surface area contributed by atoms with Crippen LogP contribution in [0.5, 0.6) is 0 Å². The fraction of sp³-hybridized carbons (Fsp3) is 0.235. The molecule has 0 fully saturated rings. The largest absolute Gasteiger partial charge is 0.616 e. The van der Waals surface area contributed by atoms with Crippen molar-refractivity contribution in [2.45, 2.75) is 6.18 Å². The van der Waals surface area contributed by atoms with Crippen molar-refractivity contribution < 1.29 is 22.5 Å². The average Bonchev–Trinajstić information content (AvgIpc) is 2.53. The first-order chi connectivity index (χ1) is 11.2. The second-order valence-electron chi connectivity index (χ2n) is 5.26. The normalized spacial score (nSPS) is 12.8. The minimum Gasteiger partial charge on any atom is -0.616 e. The maximum absolute atomic E-state index is 12.9. The van der Waals surface area contributed by atoms with Gasteiger partial charge in [-0.1, -0.05) is 18.2 Å². The van der Waals surface area contributed by atoms with E-state index in [1.54, 1.807) is 31.3 Å². The lowest BCUT2D eigenvalue weighted by atomic mass is 10.1. The van der Waals surface area contributed by atoms with Crippen molar-refractivity contribution in [2.75, 3.05) is 24.0 Å². The summed E-state index contributed by atoms with van der Waals surface area (Å²) in [6.45, 7) is 0. The Balaban J connectivity index is 2.41. The van der Waals surface area contributed by atoms with E-state index in [1.807, 2.05) is 0 Å². The summed E-state index contributed by atoms with van der Waals surface area (Å²) >= 11 is -1.29. The van der Waals surface area contributed by atoms with Crippen LogP contribution in [0.2, 0.25) is 0 Å². The summed E-state index contributed by atoms with van der Waals surface area (Å²) in [5, 5.41) is 0. The molecule has 0 aliphatic heterocycles. The zero-order valence-electron chi connectivity index (χ0n) is 13.1. The Hall–Kier alpha value is -1.99. The van der Waals surface area contributed by atoms with Gasteiger partial charge in [0.15, 0.2) is 5.75 Å². The highest BCUT2D eigenvalue weighted by atomic mass is 32.2. The molecule has 0 aromatic heterocycles. The molecule has 1 unspecified atom stereocenters. The van der Waals surface area contributed by atoms with Crippen molar-refractivity contribution in [2.24, 2.45) is 0 Å². The predicted octanol–water partition coefficient (Wildman–Crippen LogP) is 4.03. The molecule has 0 spiro atoms. The maximum Gasteiger partial charge on any atom is 0.416 e. The molecule has 2 rings (SSSR count). The van der Waals surface area contributed by atoms with Crippen molar-refractivity contribution in [3.63, 3.8) is 0 Å². The number of anilines is 2. The van der Waals surface area contributed by atoms with E-state index in [4.69, 9.17) is 0 Å². The van der Waals surface area contributed by atoms with Crippen molar-refractivity contribution in [1.82, 2.24) is 0 Å². The van der Waals surface area contributed by atoms with Crippen LogP contribution in [-0.2, 0) is 17.4 Å². The van der Waals surface area contributed by atoms with Gasteiger partial charge in [-0.25, -0.2) is 0 Å². The van der Waals surface area contributed by atoms with Gasteiger partial charge in [0.05, 0.1) is 17.5 Å². The van der Waals surface area contributed by atoms with Crippen LogP contribution in [0.3, 0.4) is 0 Å². The fourth-order valence-electron chi connectivity index (χ4n) is 2.29. The lowest BCUT2D eigenvalue weighted by Gasteiger charge is -2.23. The molecule has 1 atom stereocenters. The predicted molar refractivity (Wildman–Crippen MR) is 89.2 cm³/mol. The number of nitrogens with zero attached hydrogens (tertiary/aromatic N) is 1. The van der Waals surface area contributed by atoms with E-state index >= 15 is 0 Å². The summed E-state index contributed by atoms with van der Waals surface area (Å²) in [6.07, 6.45) is -3.01. The highest BCUT2D eigenvalue weighted by Gasteiger charge is 2.31. The molecule has 0 aliphatic carbocycles. The molecular weight excluding hydrogens is 339 g/mol. The second-order valence-corrected chi connectivity index (χ2v) is 6.70. The molecule has 0 aliphatic rings. The van der Waals surface area contributed by atoms with Gasteiger partial charge in [0.25, 0.3) is 0 Å². The topological polar surface area (TPSA) is 43.4 Å². The third kappa shape index (κ3) is 4.30. The van der Waals surface area contributed by atoms with Crippen LogP contribution in [0, 0.1) is 0 Å². The molecule has 0 saturated carbocycles. The molecule has 0 saturated heterocycles. The van der Waals surface area contributed by atoms with Crippen LogP contribution >= 0.6 is 0 Å². The Morgan fingerprint density at radius 3 is 2.46 bits per heavy atom. The van der Waals surface area contributed by atoms with Gasteiger partial charge in [0, 0.05) is 18.3 Å². The minimum absolute atomic E-state index is 0.132. The van der Waals surface area contributed by atoms with Gasteiger partial charge in [-0.2, -0.15) is 13.2 Å². The first-order valence-corrected chi connectivity index (χ1v) is 8.76. The quantitative estimate of drug-likeness (QED) is 0.601. The van der Waals surface area contributed by atoms with Gasteiger partial charge in [0.2, 0.25) is 5.78 Å². The molecular formula is C17H16F3NO2S. The number of Topliss-reactive ketones (excluding diaryl/α,β-unsaturated/α-hetero) is 1. The SMILES string of the molecule is CN(c1cccc(C(F)(F)F)c1)c1ccccc1C(=O)C[S+](C)[O-]. The number of alkyl halides is 3. The molecule has 2 aromatic rings. The molecule has 24 heavy (non-hydrogen) atoms. The number of halogens is 3. The van der Waals surface area contributed by atoms with Crippen LogP contribution in [0.4, 0.5) is 24.5 Å². The van der Waals surface area contributed by atoms with Crippen molar-refractivity contribution in [1.29, 1.82) is 0 Å². The van der Waals surface area contributed by atoms with Crippen molar-refractivity contribution >= 4 is 28.3 Å². The number of benzene rings is 2. The highest BCUT2D eigenvalue weighted by Crippen LogP contribution is 2.34. The van der Waals surface area contributed by atoms with Gasteiger partial charge in [-0.3, -0.25) is 4.79 Å². The molecule has 7 heteroatoms. The Bertz CT molecular complexity index is 732. The third-order valence-corrected chi connectivity index (χ3v) is 4.13. The Morgan fingerprint density at radius 1 is 1.17 bits per heavy atom. The van der Waals surface area contributed by atoms with E-state index in [0.717, 1.165) is 12.1 Å². The summed E-state index contributed by atoms with van der Waals surface area (Å²) in [7, 11) is 1.59. The van der Waals surface area contributed by atoms with E-state index in [1.165, 1.54) is 23.3 Å². The summed E-state index contributed by atoms with van der Waals surface area (Å²) in [4.78, 5) is 13.8. The van der Waals surface area contributed by atoms with Gasteiger partial charge >= 0.3 is 6.18 Å². The lowest BCUT2D eigenvalue weighted by molar-refractivity contribution is -0.137. The zero-order chi connectivity index (χ0) is 17.9. The van der Waals surface area contributed by atoms with Gasteiger partial charge in [0.1, 0.15) is 0 Å². The number of para-hydroxylation sites is 1. The van der Waals surface area contributed by atoms with Crippen LogP contribution in [-0.4, -0.2) is 29.4 Å².